The molecule has 0 bridgehead atoms. The van der Waals surface area contributed by atoms with Gasteiger partial charge < -0.3 is 10.1 Å². The molecule has 1 atom stereocenters. The number of amides is 2. The Kier molecular flexibility index (Phi) is 7.41. The number of nitrogens with zero attached hydrogens (tertiary/aromatic N) is 2. The van der Waals surface area contributed by atoms with Crippen LogP contribution in [0.1, 0.15) is 18.2 Å². The first-order valence-corrected chi connectivity index (χ1v) is 12.1. The Labute approximate surface area is 199 Å². The van der Waals surface area contributed by atoms with Gasteiger partial charge in [-0.25, -0.2) is 9.38 Å². The van der Waals surface area contributed by atoms with Gasteiger partial charge >= 0.3 is 0 Å². The summed E-state index contributed by atoms with van der Waals surface area (Å²) in [5.74, 6) is -0.188. The first kappa shape index (κ1) is 23.0. The van der Waals surface area contributed by atoms with E-state index in [1.807, 2.05) is 30.5 Å². The molecule has 9 heteroatoms. The Morgan fingerprint density at radius 3 is 2.76 bits per heavy atom. The van der Waals surface area contributed by atoms with Gasteiger partial charge in [0.05, 0.1) is 18.8 Å². The maximum atomic E-state index is 13.3. The van der Waals surface area contributed by atoms with Crippen molar-refractivity contribution in [2.24, 2.45) is 4.99 Å². The normalized spacial score (nSPS) is 17.3. The van der Waals surface area contributed by atoms with Crippen LogP contribution in [0.4, 0.5) is 15.8 Å². The van der Waals surface area contributed by atoms with Crippen LogP contribution in [-0.4, -0.2) is 33.7 Å². The zero-order valence-corrected chi connectivity index (χ0v) is 19.5. The SMILES string of the molecule is CCOc1cccc(NC(=O)C2CC(=O)N(Cc3cccs3)C(=Nc3ccc(F)cc3)S2)c1. The van der Waals surface area contributed by atoms with E-state index in [-0.39, 0.29) is 24.1 Å². The Morgan fingerprint density at radius 2 is 2.03 bits per heavy atom. The molecule has 4 rings (SSSR count). The van der Waals surface area contributed by atoms with Crippen LogP contribution in [0.5, 0.6) is 5.75 Å². The van der Waals surface area contributed by atoms with Crippen LogP contribution in [-0.2, 0) is 16.1 Å². The van der Waals surface area contributed by atoms with Gasteiger partial charge in [0.15, 0.2) is 5.17 Å². The van der Waals surface area contributed by atoms with Crippen molar-refractivity contribution in [2.45, 2.75) is 25.1 Å². The molecule has 1 saturated heterocycles. The average Bonchev–Trinajstić information content (AvgIpc) is 3.31. The minimum absolute atomic E-state index is 0.0511. The smallest absolute Gasteiger partial charge is 0.238 e. The van der Waals surface area contributed by atoms with Crippen molar-refractivity contribution in [2.75, 3.05) is 11.9 Å². The molecule has 1 aromatic heterocycles. The van der Waals surface area contributed by atoms with Crippen molar-refractivity contribution < 1.29 is 18.7 Å². The van der Waals surface area contributed by atoms with Crippen molar-refractivity contribution in [3.8, 4) is 5.75 Å². The number of benzene rings is 2. The molecule has 2 amide bonds. The number of rotatable bonds is 7. The van der Waals surface area contributed by atoms with Gasteiger partial charge in [0.2, 0.25) is 11.8 Å². The molecule has 1 N–H and O–H groups in total. The predicted octanol–water partition coefficient (Wildman–Crippen LogP) is 5.45. The van der Waals surface area contributed by atoms with Gasteiger partial charge in [0, 0.05) is 23.1 Å². The molecule has 170 valence electrons. The number of aliphatic imine (C=N–C) groups is 1. The molecular weight excluding hydrogens is 461 g/mol. The fraction of sp³-hybridized carbons (Fsp3) is 0.208. The van der Waals surface area contributed by atoms with Gasteiger partial charge in [-0.05, 0) is 54.8 Å². The summed E-state index contributed by atoms with van der Waals surface area (Å²) in [5.41, 5.74) is 1.10. The number of hydrogen-bond acceptors (Lipinski definition) is 6. The van der Waals surface area contributed by atoms with Crippen LogP contribution in [0.15, 0.2) is 71.0 Å². The van der Waals surface area contributed by atoms with Crippen molar-refractivity contribution in [3.63, 3.8) is 0 Å². The highest BCUT2D eigenvalue weighted by Crippen LogP contribution is 2.32. The summed E-state index contributed by atoms with van der Waals surface area (Å²) in [6, 6.07) is 16.7. The molecule has 33 heavy (non-hydrogen) atoms. The topological polar surface area (TPSA) is 71.0 Å². The minimum atomic E-state index is -0.646. The highest BCUT2D eigenvalue weighted by atomic mass is 32.2. The second-order valence-electron chi connectivity index (χ2n) is 7.19. The Balaban J connectivity index is 1.56. The molecule has 0 radical (unpaired) electrons. The monoisotopic (exact) mass is 483 g/mol. The summed E-state index contributed by atoms with van der Waals surface area (Å²) >= 11 is 2.77. The number of thioether (sulfide) groups is 1. The van der Waals surface area contributed by atoms with Crippen LogP contribution >= 0.6 is 23.1 Å². The van der Waals surface area contributed by atoms with Crippen molar-refractivity contribution in [3.05, 3.63) is 76.7 Å². The number of anilines is 1. The van der Waals surface area contributed by atoms with Crippen LogP contribution in [0.25, 0.3) is 0 Å². The first-order valence-electron chi connectivity index (χ1n) is 10.4. The van der Waals surface area contributed by atoms with Crippen molar-refractivity contribution in [1.82, 2.24) is 4.90 Å². The summed E-state index contributed by atoms with van der Waals surface area (Å²) in [5, 5.41) is 4.58. The third kappa shape index (κ3) is 6.00. The number of ether oxygens (including phenoxy) is 1. The van der Waals surface area contributed by atoms with Gasteiger partial charge in [0.25, 0.3) is 0 Å². The Hall–Kier alpha value is -3.17. The summed E-state index contributed by atoms with van der Waals surface area (Å²) in [7, 11) is 0. The second kappa shape index (κ2) is 10.6. The molecule has 2 heterocycles. The van der Waals surface area contributed by atoms with Gasteiger partial charge in [-0.1, -0.05) is 23.9 Å². The third-order valence-corrected chi connectivity index (χ3v) is 6.84. The summed E-state index contributed by atoms with van der Waals surface area (Å²) in [4.78, 5) is 33.2. The van der Waals surface area contributed by atoms with Gasteiger partial charge in [0.1, 0.15) is 16.8 Å². The second-order valence-corrected chi connectivity index (χ2v) is 9.39. The molecule has 1 aliphatic rings. The molecule has 1 unspecified atom stereocenters. The lowest BCUT2D eigenvalue weighted by Crippen LogP contribution is -2.44. The summed E-state index contributed by atoms with van der Waals surface area (Å²) < 4.78 is 18.8. The number of nitrogens with one attached hydrogen (secondary N) is 1. The fourth-order valence-corrected chi connectivity index (χ4v) is 5.03. The van der Waals surface area contributed by atoms with E-state index in [2.05, 4.69) is 10.3 Å². The maximum absolute atomic E-state index is 13.3. The summed E-state index contributed by atoms with van der Waals surface area (Å²) in [6.07, 6.45) is 0.0511. The van der Waals surface area contributed by atoms with E-state index >= 15 is 0 Å². The third-order valence-electron chi connectivity index (χ3n) is 4.79. The standard InChI is InChI=1S/C24H22FN3O3S2/c1-2-31-19-6-3-5-18(13-19)26-23(30)21-14-22(29)28(15-20-7-4-12-32-20)24(33-21)27-17-10-8-16(25)9-11-17/h3-13,21H,2,14-15H2,1H3,(H,26,30). The number of carbonyl (C=O) groups is 2. The number of thiophene rings is 1. The molecule has 6 nitrogen and oxygen atoms in total. The molecule has 0 saturated carbocycles. The lowest BCUT2D eigenvalue weighted by Gasteiger charge is -2.31. The predicted molar refractivity (Wildman–Crippen MR) is 131 cm³/mol. The highest BCUT2D eigenvalue weighted by Gasteiger charge is 2.36. The van der Waals surface area contributed by atoms with Crippen molar-refractivity contribution in [1.29, 1.82) is 0 Å². The van der Waals surface area contributed by atoms with E-state index in [0.29, 0.717) is 35.4 Å². The van der Waals surface area contributed by atoms with E-state index in [1.54, 1.807) is 46.6 Å². The molecule has 2 aromatic carbocycles. The first-order chi connectivity index (χ1) is 16.0. The van der Waals surface area contributed by atoms with Gasteiger partial charge in [-0.2, -0.15) is 0 Å². The van der Waals surface area contributed by atoms with Gasteiger partial charge in [-0.15, -0.1) is 11.3 Å². The number of hydrogen-bond donors (Lipinski definition) is 1. The molecular formula is C24H22FN3O3S2. The van der Waals surface area contributed by atoms with E-state index in [1.165, 1.54) is 23.9 Å². The van der Waals surface area contributed by atoms with E-state index in [9.17, 15) is 14.0 Å². The van der Waals surface area contributed by atoms with Crippen LogP contribution in [0.3, 0.4) is 0 Å². The molecule has 0 aliphatic carbocycles. The molecule has 0 spiro atoms. The highest BCUT2D eigenvalue weighted by molar-refractivity contribution is 8.15. The zero-order valence-electron chi connectivity index (χ0n) is 17.9. The summed E-state index contributed by atoms with van der Waals surface area (Å²) in [6.45, 7) is 2.78. The number of halogens is 1. The lowest BCUT2D eigenvalue weighted by atomic mass is 10.2. The van der Waals surface area contributed by atoms with Gasteiger partial charge in [-0.3, -0.25) is 14.5 Å². The van der Waals surface area contributed by atoms with Crippen molar-refractivity contribution >= 4 is 51.5 Å². The Morgan fingerprint density at radius 1 is 1.21 bits per heavy atom. The van der Waals surface area contributed by atoms with Crippen LogP contribution in [0, 0.1) is 5.82 Å². The molecule has 1 fully saturated rings. The van der Waals surface area contributed by atoms with Crippen LogP contribution < -0.4 is 10.1 Å². The van der Waals surface area contributed by atoms with E-state index in [4.69, 9.17) is 4.74 Å². The lowest BCUT2D eigenvalue weighted by molar-refractivity contribution is -0.129. The van der Waals surface area contributed by atoms with E-state index in [0.717, 1.165) is 4.88 Å². The quantitative estimate of drug-likeness (QED) is 0.485. The maximum Gasteiger partial charge on any atom is 0.238 e. The molecule has 1 aliphatic heterocycles. The zero-order chi connectivity index (χ0) is 23.2. The minimum Gasteiger partial charge on any atom is -0.494 e. The number of amidine groups is 1. The Bertz CT molecular complexity index is 1150. The average molecular weight is 484 g/mol. The number of carbonyl (C=O) groups excluding carboxylic acids is 2. The molecule has 3 aromatic rings. The fourth-order valence-electron chi connectivity index (χ4n) is 3.23. The van der Waals surface area contributed by atoms with E-state index < -0.39 is 5.25 Å². The largest absolute Gasteiger partial charge is 0.494 e. The van der Waals surface area contributed by atoms with Crippen LogP contribution in [0.2, 0.25) is 0 Å².